The van der Waals surface area contributed by atoms with E-state index < -0.39 is 40.8 Å². The lowest BCUT2D eigenvalue weighted by Crippen LogP contribution is -2.25. The van der Waals surface area contributed by atoms with E-state index in [1.165, 1.54) is 32.4 Å². The molecule has 0 aliphatic rings. The monoisotopic (exact) mass is 591 g/mol. The summed E-state index contributed by atoms with van der Waals surface area (Å²) < 4.78 is 92.3. The fraction of sp³-hybridized carbons (Fsp3) is 0.160. The number of ether oxygens (including phenoxy) is 2. The molecule has 0 radical (unpaired) electrons. The third-order valence-electron chi connectivity index (χ3n) is 5.05. The Hall–Kier alpha value is -3.77. The number of carbonyl (C=O) groups is 1. The second kappa shape index (κ2) is 12.0. The van der Waals surface area contributed by atoms with E-state index in [1.807, 2.05) is 0 Å². The number of alkyl halides is 6. The highest BCUT2D eigenvalue weighted by molar-refractivity contribution is 6.31. The number of nitrogens with zero attached hydrogens (tertiary/aromatic N) is 3. The van der Waals surface area contributed by atoms with Gasteiger partial charge in [0.25, 0.3) is 5.91 Å². The van der Waals surface area contributed by atoms with Crippen LogP contribution < -0.4 is 14.5 Å². The van der Waals surface area contributed by atoms with Crippen molar-refractivity contribution in [1.29, 1.82) is 0 Å². The first-order valence-electron chi connectivity index (χ1n) is 10.6. The van der Waals surface area contributed by atoms with Crippen LogP contribution in [0.5, 0.6) is 11.5 Å². The SMILES string of the molecule is COc1ccc(/C=C/C(=O)N(N=Nc2ccc(Cl)cc2C(F)(F)F)c2ccc(Cl)cc2C(F)(F)F)c(OC)c1. The molecule has 0 heterocycles. The largest absolute Gasteiger partial charge is 0.497 e. The van der Waals surface area contributed by atoms with Gasteiger partial charge in [0.05, 0.1) is 36.7 Å². The molecule has 0 saturated carbocycles. The summed E-state index contributed by atoms with van der Waals surface area (Å²) in [4.78, 5) is 13.1. The summed E-state index contributed by atoms with van der Waals surface area (Å²) >= 11 is 11.4. The van der Waals surface area contributed by atoms with Crippen molar-refractivity contribution in [3.05, 3.63) is 87.4 Å². The fourth-order valence-corrected chi connectivity index (χ4v) is 3.58. The van der Waals surface area contributed by atoms with E-state index in [9.17, 15) is 31.1 Å². The molecule has 0 saturated heterocycles. The summed E-state index contributed by atoms with van der Waals surface area (Å²) in [5.41, 5.74) is -3.95. The molecule has 3 rings (SSSR count). The summed E-state index contributed by atoms with van der Waals surface area (Å²) in [5, 5.41) is 6.57. The fourth-order valence-electron chi connectivity index (χ4n) is 3.23. The van der Waals surface area contributed by atoms with E-state index in [4.69, 9.17) is 32.7 Å². The Labute approximate surface area is 228 Å². The molecule has 0 aliphatic carbocycles. The van der Waals surface area contributed by atoms with Gasteiger partial charge in [-0.25, -0.2) is 0 Å². The van der Waals surface area contributed by atoms with Crippen LogP contribution in [0.25, 0.3) is 6.08 Å². The predicted octanol–water partition coefficient (Wildman–Crippen LogP) is 8.79. The number of benzene rings is 3. The van der Waals surface area contributed by atoms with Gasteiger partial charge in [0, 0.05) is 27.8 Å². The highest BCUT2D eigenvalue weighted by Crippen LogP contribution is 2.41. The van der Waals surface area contributed by atoms with Gasteiger partial charge in [-0.15, -0.1) is 5.11 Å². The van der Waals surface area contributed by atoms with Gasteiger partial charge in [0.15, 0.2) is 0 Å². The van der Waals surface area contributed by atoms with Crippen LogP contribution in [-0.4, -0.2) is 20.1 Å². The summed E-state index contributed by atoms with van der Waals surface area (Å²) in [6.45, 7) is 0. The van der Waals surface area contributed by atoms with Crippen molar-refractivity contribution in [3.8, 4) is 11.5 Å². The van der Waals surface area contributed by atoms with Crippen LogP contribution >= 0.6 is 23.2 Å². The van der Waals surface area contributed by atoms with Crippen molar-refractivity contribution >= 4 is 46.6 Å². The molecule has 3 aromatic rings. The second-order valence-electron chi connectivity index (χ2n) is 7.60. The van der Waals surface area contributed by atoms with Crippen molar-refractivity contribution in [2.75, 3.05) is 19.2 Å². The molecule has 0 unspecified atom stereocenters. The molecule has 206 valence electrons. The minimum Gasteiger partial charge on any atom is -0.497 e. The Bertz CT molecular complexity index is 1430. The molecule has 0 aliphatic heterocycles. The van der Waals surface area contributed by atoms with E-state index in [-0.39, 0.29) is 20.8 Å². The maximum atomic E-state index is 13.8. The van der Waals surface area contributed by atoms with Crippen molar-refractivity contribution in [2.24, 2.45) is 10.3 Å². The molecule has 14 heteroatoms. The quantitative estimate of drug-likeness (QED) is 0.119. The van der Waals surface area contributed by atoms with Crippen LogP contribution in [0.15, 0.2) is 71.0 Å². The van der Waals surface area contributed by atoms with Crippen LogP contribution in [0.1, 0.15) is 16.7 Å². The summed E-state index contributed by atoms with van der Waals surface area (Å²) in [6.07, 6.45) is -7.86. The third kappa shape index (κ3) is 7.42. The average Bonchev–Trinajstić information content (AvgIpc) is 2.87. The number of methoxy groups -OCH3 is 2. The molecule has 0 bridgehead atoms. The number of amides is 1. The third-order valence-corrected chi connectivity index (χ3v) is 5.52. The summed E-state index contributed by atoms with van der Waals surface area (Å²) in [6, 6.07) is 9.52. The van der Waals surface area contributed by atoms with Crippen LogP contribution in [-0.2, 0) is 17.1 Å². The van der Waals surface area contributed by atoms with Crippen LogP contribution in [0.2, 0.25) is 10.0 Å². The molecule has 0 fully saturated rings. The molecule has 39 heavy (non-hydrogen) atoms. The molecule has 1 amide bonds. The van der Waals surface area contributed by atoms with Gasteiger partial charge >= 0.3 is 12.4 Å². The maximum Gasteiger partial charge on any atom is 0.418 e. The van der Waals surface area contributed by atoms with Gasteiger partial charge in [0.2, 0.25) is 0 Å². The lowest BCUT2D eigenvalue weighted by molar-refractivity contribution is -0.137. The number of anilines is 1. The Morgan fingerprint density at radius 1 is 0.846 bits per heavy atom. The molecular formula is C25H17Cl2F6N3O3. The number of carbonyl (C=O) groups excluding carboxylic acids is 1. The average molecular weight is 592 g/mol. The van der Waals surface area contributed by atoms with E-state index in [0.29, 0.717) is 23.4 Å². The van der Waals surface area contributed by atoms with Crippen molar-refractivity contribution < 1.29 is 40.6 Å². The first-order valence-corrected chi connectivity index (χ1v) is 11.4. The number of halogens is 8. The van der Waals surface area contributed by atoms with E-state index >= 15 is 0 Å². The molecule has 6 nitrogen and oxygen atoms in total. The number of rotatable bonds is 7. The Morgan fingerprint density at radius 2 is 1.46 bits per heavy atom. The number of hydrogen-bond donors (Lipinski definition) is 0. The molecule has 0 N–H and O–H groups in total. The van der Waals surface area contributed by atoms with Gasteiger partial charge in [-0.3, -0.25) is 4.79 Å². The van der Waals surface area contributed by atoms with Gasteiger partial charge in [-0.1, -0.05) is 28.4 Å². The lowest BCUT2D eigenvalue weighted by Gasteiger charge is -2.20. The minimum atomic E-state index is -5.01. The summed E-state index contributed by atoms with van der Waals surface area (Å²) in [5.74, 6) is -0.470. The van der Waals surface area contributed by atoms with E-state index in [1.54, 1.807) is 6.07 Å². The van der Waals surface area contributed by atoms with Crippen molar-refractivity contribution in [3.63, 3.8) is 0 Å². The molecule has 3 aromatic carbocycles. The standard InChI is InChI=1S/C25H17Cl2F6N3O3/c1-38-17-7-3-14(22(13-17)39-2)4-10-23(37)36(21-9-6-16(27)12-19(21)25(31,32)33)35-34-20-8-5-15(26)11-18(20)24(28,29)30/h3-13H,1-2H3/b10-4+,35-34?. The normalized spacial score (nSPS) is 12.3. The first kappa shape index (κ1) is 29.8. The predicted molar refractivity (Wildman–Crippen MR) is 133 cm³/mol. The van der Waals surface area contributed by atoms with Gasteiger partial charge < -0.3 is 9.47 Å². The van der Waals surface area contributed by atoms with E-state index in [0.717, 1.165) is 30.3 Å². The smallest absolute Gasteiger partial charge is 0.418 e. The highest BCUT2D eigenvalue weighted by atomic mass is 35.5. The molecule has 0 aromatic heterocycles. The minimum absolute atomic E-state index is 0.209. The Morgan fingerprint density at radius 3 is 2.05 bits per heavy atom. The van der Waals surface area contributed by atoms with Crippen molar-refractivity contribution in [2.45, 2.75) is 12.4 Å². The van der Waals surface area contributed by atoms with Crippen molar-refractivity contribution in [1.82, 2.24) is 0 Å². The zero-order valence-electron chi connectivity index (χ0n) is 19.9. The Kier molecular flexibility index (Phi) is 9.13. The lowest BCUT2D eigenvalue weighted by atomic mass is 10.1. The first-order chi connectivity index (χ1) is 18.2. The molecule has 0 spiro atoms. The zero-order chi connectivity index (χ0) is 29.0. The topological polar surface area (TPSA) is 63.5 Å². The number of hydrogen-bond acceptors (Lipinski definition) is 5. The van der Waals surface area contributed by atoms with Gasteiger partial charge in [-0.05, 0) is 54.6 Å². The van der Waals surface area contributed by atoms with Gasteiger partial charge in [0.1, 0.15) is 11.5 Å². The molecule has 0 atom stereocenters. The van der Waals surface area contributed by atoms with Crippen LogP contribution in [0.3, 0.4) is 0 Å². The molecular weight excluding hydrogens is 575 g/mol. The maximum absolute atomic E-state index is 13.8. The van der Waals surface area contributed by atoms with Crippen LogP contribution in [0, 0.1) is 0 Å². The zero-order valence-corrected chi connectivity index (χ0v) is 21.5. The second-order valence-corrected chi connectivity index (χ2v) is 8.47. The van der Waals surface area contributed by atoms with E-state index in [2.05, 4.69) is 10.3 Å². The summed E-state index contributed by atoms with van der Waals surface area (Å²) in [7, 11) is 2.77. The van der Waals surface area contributed by atoms with Crippen LogP contribution in [0.4, 0.5) is 37.7 Å². The Balaban J connectivity index is 2.13. The van der Waals surface area contributed by atoms with Gasteiger partial charge in [-0.2, -0.15) is 31.4 Å². The highest BCUT2D eigenvalue weighted by Gasteiger charge is 2.37.